The largest absolute Gasteiger partial charge is 0.309 e. The second-order valence-corrected chi connectivity index (χ2v) is 17.7. The smallest absolute Gasteiger partial charge is 0.0546 e. The van der Waals surface area contributed by atoms with E-state index in [0.717, 1.165) is 22.7 Å². The van der Waals surface area contributed by atoms with Crippen molar-refractivity contribution in [1.29, 1.82) is 0 Å². The van der Waals surface area contributed by atoms with Crippen LogP contribution in [0.3, 0.4) is 0 Å². The van der Waals surface area contributed by atoms with Crippen LogP contribution in [0.5, 0.6) is 0 Å². The number of hydrogen-bond acceptors (Lipinski definition) is 1. The third-order valence-corrected chi connectivity index (χ3v) is 13.6. The molecule has 10 aromatic carbocycles. The lowest BCUT2D eigenvalue weighted by Gasteiger charge is -2.32. The number of benzene rings is 10. The summed E-state index contributed by atoms with van der Waals surface area (Å²) in [6.07, 6.45) is 0. The topological polar surface area (TPSA) is 8.17 Å². The molecule has 2 nitrogen and oxygen atoms in total. The van der Waals surface area contributed by atoms with Crippen LogP contribution >= 0.6 is 0 Å². The average Bonchev–Trinajstić information content (AvgIpc) is 3.82. The van der Waals surface area contributed by atoms with E-state index in [4.69, 9.17) is 0 Å². The van der Waals surface area contributed by atoms with Gasteiger partial charge in [0.2, 0.25) is 0 Å². The van der Waals surface area contributed by atoms with Gasteiger partial charge in [0.05, 0.1) is 22.4 Å². The van der Waals surface area contributed by atoms with Crippen molar-refractivity contribution in [3.8, 4) is 61.3 Å². The molecule has 0 radical (unpaired) electrons. The van der Waals surface area contributed by atoms with E-state index in [1.165, 1.54) is 88.6 Å². The normalized spacial score (nSPS) is 12.6. The highest BCUT2D eigenvalue weighted by atomic mass is 15.1. The molecule has 0 N–H and O–H groups in total. The summed E-state index contributed by atoms with van der Waals surface area (Å²) < 4.78 is 2.40. The molecule has 0 saturated heterocycles. The fourth-order valence-electron chi connectivity index (χ4n) is 10.6. The molecule has 0 amide bonds. The monoisotopic (exact) mass is 830 g/mol. The van der Waals surface area contributed by atoms with Crippen molar-refractivity contribution in [1.82, 2.24) is 4.57 Å². The summed E-state index contributed by atoms with van der Waals surface area (Å²) in [5.41, 5.74) is 21.5. The van der Waals surface area contributed by atoms with Gasteiger partial charge in [-0.25, -0.2) is 0 Å². The second-order valence-electron chi connectivity index (χ2n) is 17.7. The lowest BCUT2D eigenvalue weighted by Crippen LogP contribution is -2.15. The summed E-state index contributed by atoms with van der Waals surface area (Å²) in [7, 11) is 0. The molecule has 11 aromatic rings. The maximum atomic E-state index is 2.53. The Kier molecular flexibility index (Phi) is 9.21. The summed E-state index contributed by atoms with van der Waals surface area (Å²) in [5.74, 6) is 0. The first-order valence-electron chi connectivity index (χ1n) is 22.6. The maximum absolute atomic E-state index is 2.53. The third-order valence-electron chi connectivity index (χ3n) is 13.6. The second kappa shape index (κ2) is 15.6. The van der Waals surface area contributed by atoms with Crippen molar-refractivity contribution >= 4 is 38.9 Å². The Morgan fingerprint density at radius 2 is 0.892 bits per heavy atom. The van der Waals surface area contributed by atoms with Gasteiger partial charge in [-0.05, 0) is 110 Å². The minimum Gasteiger partial charge on any atom is -0.309 e. The molecule has 1 aromatic heterocycles. The van der Waals surface area contributed by atoms with Gasteiger partial charge in [-0.15, -0.1) is 0 Å². The first-order chi connectivity index (χ1) is 32.0. The Morgan fingerprint density at radius 3 is 1.66 bits per heavy atom. The zero-order valence-electron chi connectivity index (χ0n) is 36.5. The summed E-state index contributed by atoms with van der Waals surface area (Å²) in [5, 5.41) is 2.42. The van der Waals surface area contributed by atoms with Crippen LogP contribution in [0.25, 0.3) is 83.1 Å². The van der Waals surface area contributed by atoms with E-state index in [-0.39, 0.29) is 5.41 Å². The van der Waals surface area contributed by atoms with E-state index in [1.807, 2.05) is 0 Å². The van der Waals surface area contributed by atoms with E-state index in [0.29, 0.717) is 0 Å². The molecule has 0 saturated carbocycles. The number of fused-ring (bicyclic) bond motifs is 6. The van der Waals surface area contributed by atoms with E-state index in [1.54, 1.807) is 0 Å². The predicted octanol–water partition coefficient (Wildman–Crippen LogP) is 17.2. The van der Waals surface area contributed by atoms with Gasteiger partial charge in [0, 0.05) is 38.7 Å². The highest BCUT2D eigenvalue weighted by molar-refractivity contribution is 6.11. The van der Waals surface area contributed by atoms with Crippen molar-refractivity contribution in [3.05, 3.63) is 254 Å². The molecule has 308 valence electrons. The fourth-order valence-corrected chi connectivity index (χ4v) is 10.6. The van der Waals surface area contributed by atoms with Gasteiger partial charge in [0.15, 0.2) is 0 Å². The van der Waals surface area contributed by atoms with Crippen molar-refractivity contribution < 1.29 is 0 Å². The summed E-state index contributed by atoms with van der Waals surface area (Å²) >= 11 is 0. The molecule has 65 heavy (non-hydrogen) atoms. The zero-order valence-corrected chi connectivity index (χ0v) is 36.5. The van der Waals surface area contributed by atoms with Crippen LogP contribution in [-0.4, -0.2) is 4.57 Å². The first-order valence-corrected chi connectivity index (χ1v) is 22.6. The highest BCUT2D eigenvalue weighted by Gasteiger charge is 2.35. The van der Waals surface area contributed by atoms with Crippen LogP contribution in [0.4, 0.5) is 17.1 Å². The van der Waals surface area contributed by atoms with Gasteiger partial charge in [-0.1, -0.05) is 202 Å². The van der Waals surface area contributed by atoms with Crippen LogP contribution in [0.2, 0.25) is 0 Å². The fraction of sp³-hybridized carbons (Fsp3) is 0.0476. The van der Waals surface area contributed by atoms with Crippen LogP contribution in [0, 0.1) is 0 Å². The molecule has 1 heterocycles. The van der Waals surface area contributed by atoms with Crippen molar-refractivity contribution in [3.63, 3.8) is 0 Å². The quantitative estimate of drug-likeness (QED) is 0.148. The summed E-state index contributed by atoms with van der Waals surface area (Å²) in [6.45, 7) is 4.73. The number of nitrogens with zero attached hydrogens (tertiary/aromatic N) is 2. The van der Waals surface area contributed by atoms with Gasteiger partial charge >= 0.3 is 0 Å². The minimum absolute atomic E-state index is 0.132. The van der Waals surface area contributed by atoms with Gasteiger partial charge < -0.3 is 9.47 Å². The number of anilines is 3. The van der Waals surface area contributed by atoms with Gasteiger partial charge in [0.25, 0.3) is 0 Å². The molecular formula is C63H46N2. The highest BCUT2D eigenvalue weighted by Crippen LogP contribution is 2.53. The molecule has 0 spiro atoms. The van der Waals surface area contributed by atoms with Crippen LogP contribution < -0.4 is 4.90 Å². The Morgan fingerprint density at radius 1 is 0.338 bits per heavy atom. The van der Waals surface area contributed by atoms with Crippen molar-refractivity contribution in [2.24, 2.45) is 0 Å². The zero-order chi connectivity index (χ0) is 43.5. The molecule has 12 rings (SSSR count). The number of para-hydroxylation sites is 3. The molecule has 1 aliphatic carbocycles. The minimum atomic E-state index is -0.132. The lowest BCUT2D eigenvalue weighted by atomic mass is 9.81. The molecule has 2 heteroatoms. The van der Waals surface area contributed by atoms with E-state index in [2.05, 4.69) is 266 Å². The molecule has 0 unspecified atom stereocenters. The Bertz CT molecular complexity index is 3560. The third kappa shape index (κ3) is 6.32. The molecule has 1 aliphatic rings. The molecule has 0 atom stereocenters. The Labute approximate surface area is 381 Å². The number of aromatic nitrogens is 1. The molecule has 0 aliphatic heterocycles. The number of hydrogen-bond donors (Lipinski definition) is 0. The molecular weight excluding hydrogens is 785 g/mol. The number of rotatable bonds is 8. The Hall–Kier alpha value is -8.20. The maximum Gasteiger partial charge on any atom is 0.0546 e. The molecule has 0 bridgehead atoms. The SMILES string of the molecule is CC1(C)c2ccccc2-c2ccc(-c3ccccc3N(c3ccc4c(c3)c3ccccc3n4-c3ccccc3)c3cccc(-c4ccccc4)c3-c3ccccc3-c3ccccc3)cc21. The van der Waals surface area contributed by atoms with E-state index >= 15 is 0 Å². The average molecular weight is 831 g/mol. The standard InChI is InChI=1S/C63H46N2/c1-63(2)56-33-17-14-29-51(56)52-39-37-45(41-57(52)63)49-28-15-18-34-58(49)65(47-38-40-60-55(42-47)53-30-16-19-35-59(53)64(60)46-25-10-5-11-26-46)61-36-20-32-50(44-23-8-4-9-24-44)62(61)54-31-13-12-27-48(54)43-21-6-3-7-22-43/h3-42H,1-2H3. The lowest BCUT2D eigenvalue weighted by molar-refractivity contribution is 0.660. The van der Waals surface area contributed by atoms with Crippen LogP contribution in [0.1, 0.15) is 25.0 Å². The Balaban J connectivity index is 1.16. The summed E-state index contributed by atoms with van der Waals surface area (Å²) in [6, 6.07) is 89.0. The van der Waals surface area contributed by atoms with Crippen molar-refractivity contribution in [2.45, 2.75) is 19.3 Å². The summed E-state index contributed by atoms with van der Waals surface area (Å²) in [4.78, 5) is 2.53. The first kappa shape index (κ1) is 38.5. The van der Waals surface area contributed by atoms with Crippen LogP contribution in [0.15, 0.2) is 243 Å². The van der Waals surface area contributed by atoms with E-state index < -0.39 is 0 Å². The van der Waals surface area contributed by atoms with Gasteiger partial charge in [-0.3, -0.25) is 0 Å². The van der Waals surface area contributed by atoms with E-state index in [9.17, 15) is 0 Å². The van der Waals surface area contributed by atoms with Gasteiger partial charge in [0.1, 0.15) is 0 Å². The van der Waals surface area contributed by atoms with Gasteiger partial charge in [-0.2, -0.15) is 0 Å². The molecule has 0 fully saturated rings. The predicted molar refractivity (Wildman–Crippen MR) is 275 cm³/mol. The van der Waals surface area contributed by atoms with Crippen LogP contribution in [-0.2, 0) is 5.41 Å². The van der Waals surface area contributed by atoms with Crippen molar-refractivity contribution in [2.75, 3.05) is 4.90 Å².